The smallest absolute Gasteiger partial charge is 0.274 e. The van der Waals surface area contributed by atoms with Gasteiger partial charge < -0.3 is 15.4 Å². The van der Waals surface area contributed by atoms with Crippen molar-refractivity contribution in [3.8, 4) is 5.75 Å². The number of methoxy groups -OCH3 is 1. The lowest BCUT2D eigenvalue weighted by Crippen LogP contribution is -2.20. The number of aryl methyl sites for hydroxylation is 2. The van der Waals surface area contributed by atoms with Crippen molar-refractivity contribution >= 4 is 29.1 Å². The third-order valence-corrected chi connectivity index (χ3v) is 4.91. The van der Waals surface area contributed by atoms with Gasteiger partial charge in [0.1, 0.15) is 11.4 Å². The first kappa shape index (κ1) is 18.5. The van der Waals surface area contributed by atoms with Crippen LogP contribution in [0.3, 0.4) is 0 Å². The van der Waals surface area contributed by atoms with E-state index in [2.05, 4.69) is 20.6 Å². The minimum Gasteiger partial charge on any atom is -0.495 e. The van der Waals surface area contributed by atoms with E-state index in [9.17, 15) is 4.79 Å². The van der Waals surface area contributed by atoms with Crippen molar-refractivity contribution in [2.45, 2.75) is 45.6 Å². The molecule has 7 heteroatoms. The zero-order valence-electron chi connectivity index (χ0n) is 15.2. The topological polar surface area (TPSA) is 76.1 Å². The van der Waals surface area contributed by atoms with Gasteiger partial charge in [-0.05, 0) is 44.4 Å². The number of benzene rings is 1. The molecule has 1 aliphatic rings. The summed E-state index contributed by atoms with van der Waals surface area (Å²) in [6.45, 7) is 3.72. The van der Waals surface area contributed by atoms with E-state index in [1.54, 1.807) is 18.2 Å². The molecule has 2 N–H and O–H groups in total. The predicted octanol–water partition coefficient (Wildman–Crippen LogP) is 4.36. The second kappa shape index (κ2) is 7.91. The van der Waals surface area contributed by atoms with Gasteiger partial charge in [-0.15, -0.1) is 0 Å². The molecule has 1 heterocycles. The number of hydrogen-bond acceptors (Lipinski definition) is 5. The van der Waals surface area contributed by atoms with Gasteiger partial charge in [0.2, 0.25) is 5.95 Å². The van der Waals surface area contributed by atoms with Crippen LogP contribution < -0.4 is 15.4 Å². The molecule has 1 fully saturated rings. The summed E-state index contributed by atoms with van der Waals surface area (Å²) in [6, 6.07) is 5.52. The molecule has 0 saturated heterocycles. The molecule has 1 saturated carbocycles. The van der Waals surface area contributed by atoms with Gasteiger partial charge in [0.15, 0.2) is 0 Å². The Morgan fingerprint density at radius 2 is 1.92 bits per heavy atom. The number of rotatable bonds is 5. The van der Waals surface area contributed by atoms with Gasteiger partial charge >= 0.3 is 0 Å². The molecule has 1 aromatic heterocycles. The second-order valence-corrected chi connectivity index (χ2v) is 7.01. The van der Waals surface area contributed by atoms with Crippen LogP contribution in [0.4, 0.5) is 11.6 Å². The number of amides is 1. The Hall–Kier alpha value is -2.34. The Balaban J connectivity index is 1.81. The van der Waals surface area contributed by atoms with E-state index >= 15 is 0 Å². The molecule has 6 nitrogen and oxygen atoms in total. The van der Waals surface area contributed by atoms with Gasteiger partial charge in [0.05, 0.1) is 12.8 Å². The largest absolute Gasteiger partial charge is 0.495 e. The molecule has 0 spiro atoms. The number of carbonyl (C=O) groups is 1. The van der Waals surface area contributed by atoms with Crippen LogP contribution in [0.1, 0.15) is 47.4 Å². The van der Waals surface area contributed by atoms with Gasteiger partial charge in [0, 0.05) is 22.8 Å². The minimum absolute atomic E-state index is 0.313. The van der Waals surface area contributed by atoms with Crippen LogP contribution in [0.15, 0.2) is 18.2 Å². The average Bonchev–Trinajstić information content (AvgIpc) is 3.10. The number of carbonyl (C=O) groups excluding carboxylic acids is 1. The van der Waals surface area contributed by atoms with Crippen molar-refractivity contribution in [1.29, 1.82) is 0 Å². The first-order valence-electron chi connectivity index (χ1n) is 8.74. The Morgan fingerprint density at radius 3 is 2.62 bits per heavy atom. The SMILES string of the molecule is COc1cc(Cl)c(C)cc1NC(=O)c1cc(C)nc(NC2CCCC2)n1. The fourth-order valence-corrected chi connectivity index (χ4v) is 3.27. The van der Waals surface area contributed by atoms with Crippen molar-refractivity contribution in [2.75, 3.05) is 17.7 Å². The third kappa shape index (κ3) is 4.25. The van der Waals surface area contributed by atoms with E-state index in [1.165, 1.54) is 20.0 Å². The number of ether oxygens (including phenoxy) is 1. The number of nitrogens with one attached hydrogen (secondary N) is 2. The summed E-state index contributed by atoms with van der Waals surface area (Å²) in [5, 5.41) is 6.77. The number of nitrogens with zero attached hydrogens (tertiary/aromatic N) is 2. The summed E-state index contributed by atoms with van der Waals surface area (Å²) in [7, 11) is 1.54. The van der Waals surface area contributed by atoms with Gasteiger partial charge in [0.25, 0.3) is 5.91 Å². The highest BCUT2D eigenvalue weighted by molar-refractivity contribution is 6.31. The Bertz CT molecular complexity index is 819. The maximum atomic E-state index is 12.7. The van der Waals surface area contributed by atoms with E-state index in [0.29, 0.717) is 34.1 Å². The van der Waals surface area contributed by atoms with E-state index in [1.807, 2.05) is 13.8 Å². The monoisotopic (exact) mass is 374 g/mol. The minimum atomic E-state index is -0.315. The van der Waals surface area contributed by atoms with Crippen molar-refractivity contribution < 1.29 is 9.53 Å². The molecule has 0 aliphatic heterocycles. The molecular weight excluding hydrogens is 352 g/mol. The van der Waals surface area contributed by atoms with Crippen molar-refractivity contribution in [2.24, 2.45) is 0 Å². The normalized spacial score (nSPS) is 14.3. The standard InChI is InChI=1S/C19H23ClN4O2/c1-11-8-15(17(26-3)10-14(11)20)23-18(25)16-9-12(2)21-19(24-16)22-13-6-4-5-7-13/h8-10,13H,4-7H2,1-3H3,(H,23,25)(H,21,22,24). The number of hydrogen-bond donors (Lipinski definition) is 2. The highest BCUT2D eigenvalue weighted by atomic mass is 35.5. The van der Waals surface area contributed by atoms with Crippen LogP contribution in [0.5, 0.6) is 5.75 Å². The van der Waals surface area contributed by atoms with E-state index in [4.69, 9.17) is 16.3 Å². The lowest BCUT2D eigenvalue weighted by atomic mass is 10.2. The quantitative estimate of drug-likeness (QED) is 0.813. The van der Waals surface area contributed by atoms with Crippen LogP contribution in [0, 0.1) is 13.8 Å². The fourth-order valence-electron chi connectivity index (χ4n) is 3.12. The number of aromatic nitrogens is 2. The third-order valence-electron chi connectivity index (χ3n) is 4.50. The molecule has 26 heavy (non-hydrogen) atoms. The summed E-state index contributed by atoms with van der Waals surface area (Å²) in [6.07, 6.45) is 4.65. The van der Waals surface area contributed by atoms with Crippen molar-refractivity contribution in [3.63, 3.8) is 0 Å². The molecule has 1 amide bonds. The summed E-state index contributed by atoms with van der Waals surface area (Å²) in [5.41, 5.74) is 2.46. The summed E-state index contributed by atoms with van der Waals surface area (Å²) in [5.74, 6) is 0.690. The molecule has 3 rings (SSSR count). The predicted molar refractivity (Wildman–Crippen MR) is 103 cm³/mol. The lowest BCUT2D eigenvalue weighted by molar-refractivity contribution is 0.102. The summed E-state index contributed by atoms with van der Waals surface area (Å²) in [4.78, 5) is 21.5. The van der Waals surface area contributed by atoms with E-state index in [-0.39, 0.29) is 5.91 Å². The zero-order chi connectivity index (χ0) is 18.7. The lowest BCUT2D eigenvalue weighted by Gasteiger charge is -2.14. The van der Waals surface area contributed by atoms with Crippen LogP contribution in [0.2, 0.25) is 5.02 Å². The van der Waals surface area contributed by atoms with Gasteiger partial charge in [-0.25, -0.2) is 9.97 Å². The molecule has 0 radical (unpaired) electrons. The van der Waals surface area contributed by atoms with Crippen molar-refractivity contribution in [1.82, 2.24) is 9.97 Å². The Kier molecular flexibility index (Phi) is 5.61. The molecule has 0 atom stereocenters. The fraction of sp³-hybridized carbons (Fsp3) is 0.421. The Morgan fingerprint density at radius 1 is 1.19 bits per heavy atom. The average molecular weight is 375 g/mol. The second-order valence-electron chi connectivity index (χ2n) is 6.60. The van der Waals surface area contributed by atoms with Gasteiger partial charge in [-0.2, -0.15) is 0 Å². The number of halogens is 1. The molecule has 2 aromatic rings. The number of anilines is 2. The molecule has 138 valence electrons. The van der Waals surface area contributed by atoms with Crippen LogP contribution >= 0.6 is 11.6 Å². The van der Waals surface area contributed by atoms with Crippen LogP contribution in [0.25, 0.3) is 0 Å². The summed E-state index contributed by atoms with van der Waals surface area (Å²) < 4.78 is 5.31. The molecule has 1 aliphatic carbocycles. The van der Waals surface area contributed by atoms with E-state index in [0.717, 1.165) is 24.1 Å². The van der Waals surface area contributed by atoms with Crippen molar-refractivity contribution in [3.05, 3.63) is 40.2 Å². The van der Waals surface area contributed by atoms with Crippen LogP contribution in [-0.2, 0) is 0 Å². The van der Waals surface area contributed by atoms with Gasteiger partial charge in [-0.1, -0.05) is 24.4 Å². The maximum Gasteiger partial charge on any atom is 0.274 e. The molecular formula is C19H23ClN4O2. The van der Waals surface area contributed by atoms with E-state index < -0.39 is 0 Å². The Labute approximate surface area is 158 Å². The maximum absolute atomic E-state index is 12.7. The first-order valence-corrected chi connectivity index (χ1v) is 9.12. The highest BCUT2D eigenvalue weighted by Gasteiger charge is 2.18. The summed E-state index contributed by atoms with van der Waals surface area (Å²) >= 11 is 6.12. The highest BCUT2D eigenvalue weighted by Crippen LogP contribution is 2.31. The van der Waals surface area contributed by atoms with Gasteiger partial charge in [-0.3, -0.25) is 4.79 Å². The molecule has 0 unspecified atom stereocenters. The molecule has 0 bridgehead atoms. The molecule has 1 aromatic carbocycles. The zero-order valence-corrected chi connectivity index (χ0v) is 16.0. The first-order chi connectivity index (χ1) is 12.5. The van der Waals surface area contributed by atoms with Crippen LogP contribution in [-0.4, -0.2) is 29.0 Å².